The number of benzene rings is 2. The third-order valence-electron chi connectivity index (χ3n) is 2.63. The number of esters is 1. The van der Waals surface area contributed by atoms with Gasteiger partial charge in [-0.05, 0) is 24.3 Å². The number of carbonyl (C=O) groups is 1. The van der Waals surface area contributed by atoms with Gasteiger partial charge in [-0.1, -0.05) is 29.8 Å². The van der Waals surface area contributed by atoms with Crippen LogP contribution in [0.4, 0.5) is 4.39 Å². The molecule has 0 amide bonds. The summed E-state index contributed by atoms with van der Waals surface area (Å²) < 4.78 is 18.6. The van der Waals surface area contributed by atoms with Crippen molar-refractivity contribution < 1.29 is 13.9 Å². The highest BCUT2D eigenvalue weighted by Gasteiger charge is 2.14. The van der Waals surface area contributed by atoms with Crippen molar-refractivity contribution in [1.82, 2.24) is 0 Å². The Balaban J connectivity index is 2.10. The van der Waals surface area contributed by atoms with Crippen molar-refractivity contribution in [2.75, 3.05) is 0 Å². The van der Waals surface area contributed by atoms with Gasteiger partial charge in [-0.15, -0.1) is 0 Å². The summed E-state index contributed by atoms with van der Waals surface area (Å²) in [5.41, 5.74) is 0.567. The molecule has 2 rings (SSSR count). The molecule has 0 N–H and O–H groups in total. The van der Waals surface area contributed by atoms with Crippen LogP contribution >= 0.6 is 11.6 Å². The third kappa shape index (κ3) is 3.14. The summed E-state index contributed by atoms with van der Waals surface area (Å²) in [5, 5.41) is 9.10. The fraction of sp³-hybridized carbons (Fsp3) is 0.0667. The molecule has 0 spiro atoms. The summed E-state index contributed by atoms with van der Waals surface area (Å²) in [6.07, 6.45) is 0. The second-order valence-electron chi connectivity index (χ2n) is 3.97. The van der Waals surface area contributed by atoms with Crippen molar-refractivity contribution in [2.45, 2.75) is 6.61 Å². The molecule has 0 radical (unpaired) electrons. The predicted octanol–water partition coefficient (Wildman–Crippen LogP) is 3.71. The van der Waals surface area contributed by atoms with Gasteiger partial charge < -0.3 is 4.74 Å². The second kappa shape index (κ2) is 6.18. The molecule has 5 heteroatoms. The predicted molar refractivity (Wildman–Crippen MR) is 71.7 cm³/mol. The average Bonchev–Trinajstić information content (AvgIpc) is 2.46. The van der Waals surface area contributed by atoms with Gasteiger partial charge in [-0.3, -0.25) is 0 Å². The van der Waals surface area contributed by atoms with Gasteiger partial charge in [0.15, 0.2) is 0 Å². The molecule has 0 aliphatic rings. The van der Waals surface area contributed by atoms with Crippen LogP contribution in [-0.4, -0.2) is 5.97 Å². The number of carbonyl (C=O) groups excluding carboxylic acids is 1. The maximum absolute atomic E-state index is 13.6. The van der Waals surface area contributed by atoms with Gasteiger partial charge >= 0.3 is 5.97 Å². The van der Waals surface area contributed by atoms with E-state index >= 15 is 0 Å². The van der Waals surface area contributed by atoms with Gasteiger partial charge in [0.2, 0.25) is 0 Å². The Morgan fingerprint density at radius 2 is 2.05 bits per heavy atom. The lowest BCUT2D eigenvalue weighted by Gasteiger charge is -2.07. The van der Waals surface area contributed by atoms with Crippen LogP contribution in [0.5, 0.6) is 0 Å². The smallest absolute Gasteiger partial charge is 0.341 e. The molecule has 2 aromatic rings. The Kier molecular flexibility index (Phi) is 4.34. The molecule has 3 nitrogen and oxygen atoms in total. The van der Waals surface area contributed by atoms with E-state index in [1.165, 1.54) is 12.1 Å². The first-order valence-electron chi connectivity index (χ1n) is 5.72. The average molecular weight is 290 g/mol. The SMILES string of the molecule is N#Cc1ccc(C(=O)OCc2ccccc2Cl)c(F)c1. The molecule has 2 aromatic carbocycles. The monoisotopic (exact) mass is 289 g/mol. The maximum atomic E-state index is 13.6. The van der Waals surface area contributed by atoms with Crippen LogP contribution in [0.1, 0.15) is 21.5 Å². The quantitative estimate of drug-likeness (QED) is 0.809. The van der Waals surface area contributed by atoms with Crippen LogP contribution in [0, 0.1) is 17.1 Å². The van der Waals surface area contributed by atoms with Gasteiger partial charge in [0.1, 0.15) is 12.4 Å². The standard InChI is InChI=1S/C15H9ClFNO2/c16-13-4-2-1-3-11(13)9-20-15(19)12-6-5-10(8-18)7-14(12)17/h1-7H,9H2. The minimum atomic E-state index is -0.799. The van der Waals surface area contributed by atoms with Crippen molar-refractivity contribution in [1.29, 1.82) is 5.26 Å². The number of nitriles is 1. The lowest BCUT2D eigenvalue weighted by Crippen LogP contribution is -2.08. The van der Waals surface area contributed by atoms with E-state index in [0.29, 0.717) is 10.6 Å². The first-order valence-corrected chi connectivity index (χ1v) is 6.10. The van der Waals surface area contributed by atoms with Crippen LogP contribution in [0.3, 0.4) is 0 Å². The molecule has 100 valence electrons. The van der Waals surface area contributed by atoms with Gasteiger partial charge in [-0.25, -0.2) is 9.18 Å². The lowest BCUT2D eigenvalue weighted by atomic mass is 10.1. The van der Waals surface area contributed by atoms with E-state index in [4.69, 9.17) is 21.6 Å². The van der Waals surface area contributed by atoms with Crippen LogP contribution in [0.25, 0.3) is 0 Å². The Morgan fingerprint density at radius 1 is 1.30 bits per heavy atom. The molecule has 0 unspecified atom stereocenters. The number of ether oxygens (including phenoxy) is 1. The molecule has 0 aliphatic carbocycles. The zero-order chi connectivity index (χ0) is 14.5. The van der Waals surface area contributed by atoms with Gasteiger partial charge in [0, 0.05) is 10.6 Å². The second-order valence-corrected chi connectivity index (χ2v) is 4.38. The number of nitrogens with zero attached hydrogens (tertiary/aromatic N) is 1. The fourth-order valence-corrected chi connectivity index (χ4v) is 1.78. The highest BCUT2D eigenvalue weighted by molar-refractivity contribution is 6.31. The lowest BCUT2D eigenvalue weighted by molar-refractivity contribution is 0.0467. The van der Waals surface area contributed by atoms with E-state index in [0.717, 1.165) is 6.07 Å². The van der Waals surface area contributed by atoms with Gasteiger partial charge in [-0.2, -0.15) is 5.26 Å². The van der Waals surface area contributed by atoms with Crippen molar-refractivity contribution in [2.24, 2.45) is 0 Å². The molecule has 0 atom stereocenters. The first kappa shape index (κ1) is 14.0. The zero-order valence-corrected chi connectivity index (χ0v) is 11.0. The Morgan fingerprint density at radius 3 is 2.70 bits per heavy atom. The molecule has 0 heterocycles. The Hall–Kier alpha value is -2.38. The van der Waals surface area contributed by atoms with Crippen molar-refractivity contribution >= 4 is 17.6 Å². The van der Waals surface area contributed by atoms with E-state index < -0.39 is 11.8 Å². The van der Waals surface area contributed by atoms with Crippen molar-refractivity contribution in [3.8, 4) is 6.07 Å². The topological polar surface area (TPSA) is 50.1 Å². The zero-order valence-electron chi connectivity index (χ0n) is 10.3. The minimum absolute atomic E-state index is 0.0437. The summed E-state index contributed by atoms with van der Waals surface area (Å²) in [5.74, 6) is -1.58. The van der Waals surface area contributed by atoms with E-state index in [-0.39, 0.29) is 17.7 Å². The fourth-order valence-electron chi connectivity index (χ4n) is 1.59. The normalized spacial score (nSPS) is 9.85. The summed E-state index contributed by atoms with van der Waals surface area (Å²) in [4.78, 5) is 11.8. The number of rotatable bonds is 3. The summed E-state index contributed by atoms with van der Waals surface area (Å²) in [6, 6.07) is 12.3. The Labute approximate surface area is 120 Å². The summed E-state index contributed by atoms with van der Waals surface area (Å²) in [7, 11) is 0. The highest BCUT2D eigenvalue weighted by atomic mass is 35.5. The van der Waals surface area contributed by atoms with Crippen LogP contribution in [-0.2, 0) is 11.3 Å². The Bertz CT molecular complexity index is 695. The largest absolute Gasteiger partial charge is 0.457 e. The van der Waals surface area contributed by atoms with Gasteiger partial charge in [0.05, 0.1) is 17.2 Å². The molecule has 0 saturated carbocycles. The van der Waals surface area contributed by atoms with E-state index in [1.807, 2.05) is 0 Å². The maximum Gasteiger partial charge on any atom is 0.341 e. The van der Waals surface area contributed by atoms with Crippen LogP contribution in [0.15, 0.2) is 42.5 Å². The molecule has 20 heavy (non-hydrogen) atoms. The molecular weight excluding hydrogens is 281 g/mol. The van der Waals surface area contributed by atoms with E-state index in [2.05, 4.69) is 0 Å². The molecule has 0 aromatic heterocycles. The molecule has 0 saturated heterocycles. The third-order valence-corrected chi connectivity index (χ3v) is 3.00. The molecule has 0 bridgehead atoms. The summed E-state index contributed by atoms with van der Waals surface area (Å²) in [6.45, 7) is -0.0437. The molecule has 0 fully saturated rings. The first-order chi connectivity index (χ1) is 9.61. The number of halogens is 2. The molecular formula is C15H9ClFNO2. The molecule has 0 aliphatic heterocycles. The number of hydrogen-bond donors (Lipinski definition) is 0. The highest BCUT2D eigenvalue weighted by Crippen LogP contribution is 2.17. The van der Waals surface area contributed by atoms with E-state index in [9.17, 15) is 9.18 Å². The van der Waals surface area contributed by atoms with Crippen molar-refractivity contribution in [3.63, 3.8) is 0 Å². The van der Waals surface area contributed by atoms with Crippen LogP contribution < -0.4 is 0 Å². The van der Waals surface area contributed by atoms with Crippen LogP contribution in [0.2, 0.25) is 5.02 Å². The van der Waals surface area contributed by atoms with Gasteiger partial charge in [0.25, 0.3) is 0 Å². The van der Waals surface area contributed by atoms with Crippen molar-refractivity contribution in [3.05, 3.63) is 70.0 Å². The van der Waals surface area contributed by atoms with E-state index in [1.54, 1.807) is 30.3 Å². The summed E-state index contributed by atoms with van der Waals surface area (Å²) >= 11 is 5.92. The minimum Gasteiger partial charge on any atom is -0.457 e. The number of hydrogen-bond acceptors (Lipinski definition) is 3.